The molecule has 1 N–H and O–H groups in total. The molecule has 0 aliphatic carbocycles. The molecule has 6 heteroatoms. The molecule has 0 saturated carbocycles. The Hall–Kier alpha value is -2.47. The van der Waals surface area contributed by atoms with Crippen LogP contribution in [0, 0.1) is 0 Å². The molecule has 3 rings (SSSR count). The maximum Gasteiger partial charge on any atom is 0.387 e. The maximum absolute atomic E-state index is 12.5. The lowest BCUT2D eigenvalue weighted by Gasteiger charge is -2.29. The van der Waals surface area contributed by atoms with Gasteiger partial charge in [0.25, 0.3) is 0 Å². The summed E-state index contributed by atoms with van der Waals surface area (Å²) in [5.41, 5.74) is 2.73. The van der Waals surface area contributed by atoms with E-state index in [9.17, 15) is 13.6 Å². The van der Waals surface area contributed by atoms with Crippen LogP contribution in [-0.4, -0.2) is 25.6 Å². The maximum atomic E-state index is 12.5. The Morgan fingerprint density at radius 2 is 1.92 bits per heavy atom. The zero-order chi connectivity index (χ0) is 17.6. The summed E-state index contributed by atoms with van der Waals surface area (Å²) >= 11 is 0. The number of carbonyl (C=O) groups is 1. The third-order valence-corrected chi connectivity index (χ3v) is 4.19. The first kappa shape index (κ1) is 17.4. The van der Waals surface area contributed by atoms with Crippen molar-refractivity contribution in [3.05, 3.63) is 59.7 Å². The second-order valence-electron chi connectivity index (χ2n) is 5.87. The van der Waals surface area contributed by atoms with Crippen molar-refractivity contribution in [3.63, 3.8) is 0 Å². The highest BCUT2D eigenvalue weighted by atomic mass is 19.3. The van der Waals surface area contributed by atoms with E-state index >= 15 is 0 Å². The number of ether oxygens (including phenoxy) is 1. The number of hydrogen-bond donors (Lipinski definition) is 1. The lowest BCUT2D eigenvalue weighted by Crippen LogP contribution is -2.41. The Kier molecular flexibility index (Phi) is 5.60. The van der Waals surface area contributed by atoms with Crippen molar-refractivity contribution in [2.75, 3.05) is 18.0 Å². The molecule has 0 fully saturated rings. The van der Waals surface area contributed by atoms with Crippen LogP contribution in [0.25, 0.3) is 0 Å². The Labute approximate surface area is 145 Å². The number of alkyl halides is 2. The third-order valence-electron chi connectivity index (χ3n) is 4.19. The molecule has 1 amide bonds. The number of nitrogens with one attached hydrogen (secondary N) is 1. The van der Waals surface area contributed by atoms with Gasteiger partial charge in [0, 0.05) is 24.3 Å². The minimum absolute atomic E-state index is 0.0283. The molecule has 0 aromatic heterocycles. The molecule has 0 saturated heterocycles. The summed E-state index contributed by atoms with van der Waals surface area (Å²) in [6.45, 7) is -1.75. The lowest BCUT2D eigenvalue weighted by molar-refractivity contribution is -0.117. The molecule has 25 heavy (non-hydrogen) atoms. The largest absolute Gasteiger partial charge is 0.434 e. The van der Waals surface area contributed by atoms with E-state index in [-0.39, 0.29) is 24.7 Å². The van der Waals surface area contributed by atoms with Crippen LogP contribution < -0.4 is 15.0 Å². The van der Waals surface area contributed by atoms with Crippen LogP contribution >= 0.6 is 0 Å². The lowest BCUT2D eigenvalue weighted by atomic mass is 10.0. The summed E-state index contributed by atoms with van der Waals surface area (Å²) in [7, 11) is 0. The smallest absolute Gasteiger partial charge is 0.387 e. The van der Waals surface area contributed by atoms with Gasteiger partial charge in [-0.2, -0.15) is 8.78 Å². The fourth-order valence-corrected chi connectivity index (χ4v) is 3.05. The fourth-order valence-electron chi connectivity index (χ4n) is 3.05. The van der Waals surface area contributed by atoms with Gasteiger partial charge in [0.1, 0.15) is 5.75 Å². The van der Waals surface area contributed by atoms with Gasteiger partial charge in [-0.15, -0.1) is 0 Å². The molecule has 2 aromatic rings. The van der Waals surface area contributed by atoms with Crippen molar-refractivity contribution in [2.45, 2.75) is 26.0 Å². The molecule has 2 aromatic carbocycles. The van der Waals surface area contributed by atoms with Gasteiger partial charge < -0.3 is 15.0 Å². The van der Waals surface area contributed by atoms with Crippen LogP contribution in [0.5, 0.6) is 5.75 Å². The summed E-state index contributed by atoms with van der Waals surface area (Å²) in [6, 6.07) is 14.5. The molecule has 132 valence electrons. The van der Waals surface area contributed by atoms with E-state index in [0.29, 0.717) is 12.1 Å². The highest BCUT2D eigenvalue weighted by Gasteiger charge is 2.21. The molecular weight excluding hydrogens is 326 g/mol. The van der Waals surface area contributed by atoms with Crippen molar-refractivity contribution < 1.29 is 18.3 Å². The number of nitrogens with zero attached hydrogens (tertiary/aromatic N) is 1. The average Bonchev–Trinajstić information content (AvgIpc) is 2.62. The number of carbonyl (C=O) groups excluding carboxylic acids is 1. The van der Waals surface area contributed by atoms with Crippen LogP contribution in [0.15, 0.2) is 48.5 Å². The quantitative estimate of drug-likeness (QED) is 0.872. The first-order chi connectivity index (χ1) is 12.1. The molecule has 1 aliphatic rings. The monoisotopic (exact) mass is 346 g/mol. The number of rotatable bonds is 6. The van der Waals surface area contributed by atoms with Gasteiger partial charge in [0.05, 0.1) is 6.54 Å². The van der Waals surface area contributed by atoms with Crippen molar-refractivity contribution in [3.8, 4) is 5.75 Å². The first-order valence-electron chi connectivity index (χ1n) is 8.27. The third kappa shape index (κ3) is 4.33. The fraction of sp³-hybridized carbons (Fsp3) is 0.316. The number of fused-ring (bicyclic) bond motifs is 1. The van der Waals surface area contributed by atoms with Crippen molar-refractivity contribution in [1.29, 1.82) is 0 Å². The topological polar surface area (TPSA) is 41.6 Å². The number of anilines is 1. The van der Waals surface area contributed by atoms with E-state index in [1.807, 2.05) is 24.3 Å². The van der Waals surface area contributed by atoms with E-state index in [0.717, 1.165) is 18.5 Å². The zero-order valence-electron chi connectivity index (χ0n) is 13.8. The molecule has 0 unspecified atom stereocenters. The molecule has 4 nitrogen and oxygen atoms in total. The van der Waals surface area contributed by atoms with Gasteiger partial charge in [-0.05, 0) is 30.5 Å². The normalized spacial score (nSPS) is 13.6. The van der Waals surface area contributed by atoms with Crippen LogP contribution in [0.2, 0.25) is 0 Å². The van der Waals surface area contributed by atoms with Crippen LogP contribution in [0.4, 0.5) is 14.5 Å². The van der Waals surface area contributed by atoms with E-state index < -0.39 is 6.61 Å². The molecule has 0 atom stereocenters. The molecule has 0 radical (unpaired) electrons. The number of para-hydroxylation sites is 2. The predicted octanol–water partition coefficient (Wildman–Crippen LogP) is 3.36. The summed E-state index contributed by atoms with van der Waals surface area (Å²) in [5, 5.41) is 3.03. The number of halogens is 2. The van der Waals surface area contributed by atoms with Crippen LogP contribution in [0.3, 0.4) is 0 Å². The van der Waals surface area contributed by atoms with E-state index in [2.05, 4.69) is 10.1 Å². The molecule has 0 bridgehead atoms. The Morgan fingerprint density at radius 1 is 1.16 bits per heavy atom. The molecule has 1 aliphatic heterocycles. The number of benzene rings is 2. The van der Waals surface area contributed by atoms with Gasteiger partial charge >= 0.3 is 6.61 Å². The van der Waals surface area contributed by atoms with Gasteiger partial charge in [-0.1, -0.05) is 36.4 Å². The summed E-state index contributed by atoms with van der Waals surface area (Å²) in [5.74, 6) is 0.0974. The zero-order valence-corrected chi connectivity index (χ0v) is 13.8. The Bertz CT molecular complexity index is 737. The van der Waals surface area contributed by atoms with Crippen LogP contribution in [0.1, 0.15) is 17.5 Å². The van der Waals surface area contributed by atoms with Gasteiger partial charge in [-0.25, -0.2) is 0 Å². The SMILES string of the molecule is O=C(CNCc1ccccc1OC(F)F)N1CCCc2ccccc21. The minimum atomic E-state index is -2.87. The Morgan fingerprint density at radius 3 is 2.76 bits per heavy atom. The van der Waals surface area contributed by atoms with Gasteiger partial charge in [0.15, 0.2) is 0 Å². The van der Waals surface area contributed by atoms with Gasteiger partial charge in [-0.3, -0.25) is 4.79 Å². The van der Waals surface area contributed by atoms with E-state index in [4.69, 9.17) is 0 Å². The molecule has 1 heterocycles. The van der Waals surface area contributed by atoms with E-state index in [1.165, 1.54) is 11.6 Å². The summed E-state index contributed by atoms with van der Waals surface area (Å²) in [4.78, 5) is 14.3. The highest BCUT2D eigenvalue weighted by molar-refractivity contribution is 5.95. The van der Waals surface area contributed by atoms with Crippen molar-refractivity contribution in [2.24, 2.45) is 0 Å². The van der Waals surface area contributed by atoms with Crippen molar-refractivity contribution in [1.82, 2.24) is 5.32 Å². The molecule has 0 spiro atoms. The van der Waals surface area contributed by atoms with Crippen LogP contribution in [-0.2, 0) is 17.8 Å². The average molecular weight is 346 g/mol. The van der Waals surface area contributed by atoms with E-state index in [1.54, 1.807) is 23.1 Å². The van der Waals surface area contributed by atoms with Gasteiger partial charge in [0.2, 0.25) is 5.91 Å². The second-order valence-corrected chi connectivity index (χ2v) is 5.87. The first-order valence-corrected chi connectivity index (χ1v) is 8.27. The standard InChI is InChI=1S/C19H20F2N2O2/c20-19(21)25-17-10-4-2-7-15(17)12-22-13-18(24)23-11-5-8-14-6-1-3-9-16(14)23/h1-4,6-7,9-10,19,22H,5,8,11-13H2. The number of amides is 1. The Balaban J connectivity index is 1.59. The highest BCUT2D eigenvalue weighted by Crippen LogP contribution is 2.26. The van der Waals surface area contributed by atoms with Crippen molar-refractivity contribution >= 4 is 11.6 Å². The number of hydrogen-bond acceptors (Lipinski definition) is 3. The number of aryl methyl sites for hydroxylation is 1. The predicted molar refractivity (Wildman–Crippen MR) is 91.9 cm³/mol. The molecular formula is C19H20F2N2O2. The second kappa shape index (κ2) is 8.07. The summed E-state index contributed by atoms with van der Waals surface area (Å²) < 4.78 is 29.4. The summed E-state index contributed by atoms with van der Waals surface area (Å²) in [6.07, 6.45) is 1.92. The minimum Gasteiger partial charge on any atom is -0.434 e.